The molecule has 6 heteroatoms. The van der Waals surface area contributed by atoms with Gasteiger partial charge in [-0.15, -0.1) is 0 Å². The number of ketones is 1. The second-order valence-corrected chi connectivity index (χ2v) is 8.82. The molecule has 1 aliphatic carbocycles. The van der Waals surface area contributed by atoms with Gasteiger partial charge in [0.15, 0.2) is 16.8 Å². The third-order valence-electron chi connectivity index (χ3n) is 5.25. The van der Waals surface area contributed by atoms with Gasteiger partial charge in [-0.1, -0.05) is 66.9 Å². The summed E-state index contributed by atoms with van der Waals surface area (Å²) >= 11 is 6.06. The highest BCUT2D eigenvalue weighted by Crippen LogP contribution is 2.34. The van der Waals surface area contributed by atoms with Crippen LogP contribution in [0.1, 0.15) is 53.1 Å². The number of carbonyl (C=O) groups excluding carboxylic acids is 1. The van der Waals surface area contributed by atoms with Crippen molar-refractivity contribution in [1.29, 1.82) is 0 Å². The van der Waals surface area contributed by atoms with E-state index in [1.165, 1.54) is 37.4 Å². The van der Waals surface area contributed by atoms with Crippen LogP contribution in [-0.4, -0.2) is 15.0 Å². The molecule has 0 saturated heterocycles. The van der Waals surface area contributed by atoms with Gasteiger partial charge in [0.05, 0.1) is 15.5 Å². The highest BCUT2D eigenvalue weighted by Gasteiger charge is 2.19. The molecule has 1 aliphatic rings. The molecule has 1 atom stereocenters. The summed E-state index contributed by atoms with van der Waals surface area (Å²) in [5.41, 5.74) is 2.11. The monoisotopic (exact) mass is 424 g/mol. The molecule has 0 spiro atoms. The lowest BCUT2D eigenvalue weighted by atomic mass is 9.98. The Morgan fingerprint density at radius 2 is 1.72 bits per heavy atom. The third kappa shape index (κ3) is 4.57. The molecule has 1 fully saturated rings. The van der Waals surface area contributed by atoms with Gasteiger partial charge in [0, 0.05) is 11.8 Å². The van der Waals surface area contributed by atoms with Crippen LogP contribution in [0.25, 0.3) is 0 Å². The molecule has 1 saturated carbocycles. The summed E-state index contributed by atoms with van der Waals surface area (Å²) in [6, 6.07) is 18.3. The summed E-state index contributed by atoms with van der Waals surface area (Å²) < 4.78 is 15.7. The Morgan fingerprint density at radius 1 is 1.03 bits per heavy atom. The van der Waals surface area contributed by atoms with E-state index in [2.05, 4.69) is 21.8 Å². The predicted octanol–water partition coefficient (Wildman–Crippen LogP) is 5.76. The average Bonchev–Trinajstić information content (AvgIpc) is 3.30. The SMILES string of the molecule is O=C(c1ccccc1)c1cc(Cl)cnc1NS(=O)c1ccc(C2CCCC2)cc1. The third-order valence-corrected chi connectivity index (χ3v) is 6.53. The first-order valence-corrected chi connectivity index (χ1v) is 11.2. The van der Waals surface area contributed by atoms with Gasteiger partial charge in [-0.3, -0.25) is 9.52 Å². The van der Waals surface area contributed by atoms with Crippen LogP contribution in [0.15, 0.2) is 71.8 Å². The van der Waals surface area contributed by atoms with Gasteiger partial charge in [0.2, 0.25) is 0 Å². The Kier molecular flexibility index (Phi) is 6.07. The smallest absolute Gasteiger partial charge is 0.196 e. The van der Waals surface area contributed by atoms with Crippen LogP contribution in [0, 0.1) is 0 Å². The van der Waals surface area contributed by atoms with Crippen molar-refractivity contribution in [3.05, 3.63) is 88.6 Å². The fourth-order valence-electron chi connectivity index (χ4n) is 3.71. The minimum absolute atomic E-state index is 0.225. The molecule has 1 unspecified atom stereocenters. The largest absolute Gasteiger partial charge is 0.288 e. The van der Waals surface area contributed by atoms with Gasteiger partial charge in [0.1, 0.15) is 5.82 Å². The number of hydrogen-bond donors (Lipinski definition) is 1. The zero-order chi connectivity index (χ0) is 20.2. The minimum Gasteiger partial charge on any atom is -0.288 e. The zero-order valence-electron chi connectivity index (χ0n) is 15.8. The molecule has 0 radical (unpaired) electrons. The van der Waals surface area contributed by atoms with E-state index in [4.69, 9.17) is 11.6 Å². The summed E-state index contributed by atoms with van der Waals surface area (Å²) in [6.07, 6.45) is 6.44. The second-order valence-electron chi connectivity index (χ2n) is 7.17. The summed E-state index contributed by atoms with van der Waals surface area (Å²) in [7, 11) is -1.54. The van der Waals surface area contributed by atoms with Crippen LogP contribution in [0.5, 0.6) is 0 Å². The maximum atomic E-state index is 12.9. The van der Waals surface area contributed by atoms with Gasteiger partial charge in [-0.25, -0.2) is 9.19 Å². The molecule has 1 N–H and O–H groups in total. The number of carbonyl (C=O) groups is 1. The number of anilines is 1. The molecule has 0 amide bonds. The van der Waals surface area contributed by atoms with Crippen molar-refractivity contribution < 1.29 is 9.00 Å². The van der Waals surface area contributed by atoms with Crippen LogP contribution >= 0.6 is 11.6 Å². The quantitative estimate of drug-likeness (QED) is 0.512. The van der Waals surface area contributed by atoms with Crippen LogP contribution in [0.4, 0.5) is 5.82 Å². The Morgan fingerprint density at radius 3 is 2.41 bits per heavy atom. The van der Waals surface area contributed by atoms with Crippen molar-refractivity contribution in [1.82, 2.24) is 4.98 Å². The van der Waals surface area contributed by atoms with E-state index in [0.717, 1.165) is 0 Å². The van der Waals surface area contributed by atoms with Gasteiger partial charge >= 0.3 is 0 Å². The predicted molar refractivity (Wildman–Crippen MR) is 117 cm³/mol. The van der Waals surface area contributed by atoms with E-state index >= 15 is 0 Å². The number of benzene rings is 2. The number of nitrogens with zero attached hydrogens (tertiary/aromatic N) is 1. The number of nitrogens with one attached hydrogen (secondary N) is 1. The van der Waals surface area contributed by atoms with E-state index < -0.39 is 11.0 Å². The highest BCUT2D eigenvalue weighted by molar-refractivity contribution is 7.86. The molecule has 3 aromatic rings. The van der Waals surface area contributed by atoms with E-state index in [9.17, 15) is 9.00 Å². The van der Waals surface area contributed by atoms with Gasteiger partial charge in [-0.2, -0.15) is 0 Å². The van der Waals surface area contributed by atoms with E-state index in [-0.39, 0.29) is 11.6 Å². The standard InChI is InChI=1S/C23H21ClN2O2S/c24-19-14-21(22(27)18-8-2-1-3-9-18)23(25-15-19)26-29(28)20-12-10-17(11-13-20)16-6-4-5-7-16/h1-3,8-16H,4-7H2,(H,25,26). The molecule has 29 heavy (non-hydrogen) atoms. The molecule has 1 heterocycles. The molecule has 4 nitrogen and oxygen atoms in total. The van der Waals surface area contributed by atoms with Crippen LogP contribution in [0.2, 0.25) is 5.02 Å². The number of aromatic nitrogens is 1. The van der Waals surface area contributed by atoms with Gasteiger partial charge in [-0.05, 0) is 42.5 Å². The minimum atomic E-state index is -1.54. The molecular weight excluding hydrogens is 404 g/mol. The Labute approximate surface area is 177 Å². The van der Waals surface area contributed by atoms with E-state index in [1.807, 2.05) is 18.2 Å². The van der Waals surface area contributed by atoms with Gasteiger partial charge in [0.25, 0.3) is 0 Å². The number of rotatable bonds is 6. The number of pyridine rings is 1. The molecular formula is C23H21ClN2O2S. The van der Waals surface area contributed by atoms with E-state index in [1.54, 1.807) is 30.3 Å². The zero-order valence-corrected chi connectivity index (χ0v) is 17.4. The molecule has 2 aromatic carbocycles. The highest BCUT2D eigenvalue weighted by atomic mass is 35.5. The first-order valence-electron chi connectivity index (χ1n) is 9.65. The first-order chi connectivity index (χ1) is 14.1. The van der Waals surface area contributed by atoms with Crippen molar-refractivity contribution in [2.45, 2.75) is 36.5 Å². The molecule has 0 bridgehead atoms. The number of halogens is 1. The van der Waals surface area contributed by atoms with Crippen LogP contribution < -0.4 is 4.72 Å². The van der Waals surface area contributed by atoms with Crippen molar-refractivity contribution in [3.8, 4) is 0 Å². The van der Waals surface area contributed by atoms with Crippen molar-refractivity contribution in [2.75, 3.05) is 4.72 Å². The van der Waals surface area contributed by atoms with Crippen molar-refractivity contribution in [3.63, 3.8) is 0 Å². The molecule has 148 valence electrons. The van der Waals surface area contributed by atoms with Gasteiger partial charge < -0.3 is 0 Å². The number of hydrogen-bond acceptors (Lipinski definition) is 3. The van der Waals surface area contributed by atoms with Crippen molar-refractivity contribution in [2.24, 2.45) is 0 Å². The Balaban J connectivity index is 1.56. The fourth-order valence-corrected chi connectivity index (χ4v) is 4.71. The normalized spacial score (nSPS) is 15.2. The average molecular weight is 425 g/mol. The van der Waals surface area contributed by atoms with Crippen molar-refractivity contribution >= 4 is 34.2 Å². The second kappa shape index (κ2) is 8.89. The van der Waals surface area contributed by atoms with Crippen LogP contribution in [-0.2, 0) is 11.0 Å². The first kappa shape index (κ1) is 19.8. The lowest BCUT2D eigenvalue weighted by molar-refractivity contribution is 0.103. The molecule has 0 aliphatic heterocycles. The summed E-state index contributed by atoms with van der Waals surface area (Å²) in [5, 5.41) is 0.349. The maximum absolute atomic E-state index is 12.9. The Bertz CT molecular complexity index is 1030. The van der Waals surface area contributed by atoms with E-state index in [0.29, 0.717) is 27.0 Å². The molecule has 4 rings (SSSR count). The summed E-state index contributed by atoms with van der Waals surface area (Å²) in [6.45, 7) is 0. The molecule has 1 aromatic heterocycles. The fraction of sp³-hybridized carbons (Fsp3) is 0.217. The lowest BCUT2D eigenvalue weighted by Crippen LogP contribution is -2.12. The summed E-state index contributed by atoms with van der Waals surface area (Å²) in [4.78, 5) is 17.7. The summed E-state index contributed by atoms with van der Waals surface area (Å²) in [5.74, 6) is 0.636. The lowest BCUT2D eigenvalue weighted by Gasteiger charge is -2.12. The maximum Gasteiger partial charge on any atom is 0.196 e. The topological polar surface area (TPSA) is 59.1 Å². The van der Waals surface area contributed by atoms with Crippen LogP contribution in [0.3, 0.4) is 0 Å². The Hall–Kier alpha value is -2.50.